The van der Waals surface area contributed by atoms with Gasteiger partial charge in [-0.1, -0.05) is 17.7 Å². The Morgan fingerprint density at radius 2 is 1.81 bits per heavy atom. The molecule has 0 aliphatic carbocycles. The standard InChI is InChI=1S/C20H22ClN5O/c1-13-10-15(21)11-14(2)19(13)25-18-12-17(16-6-3-4-7-22-16)24-20(26-18)23-8-5-9-27/h3-4,6-7,10-12,27H,5,8-9H2,1-2H3,(H2,23,24,25,26). The summed E-state index contributed by atoms with van der Waals surface area (Å²) in [5, 5.41) is 16.2. The van der Waals surface area contributed by atoms with Crippen molar-refractivity contribution >= 4 is 29.1 Å². The molecule has 7 heteroatoms. The minimum Gasteiger partial charge on any atom is -0.396 e. The lowest BCUT2D eigenvalue weighted by atomic mass is 10.1. The second kappa shape index (κ2) is 8.79. The fourth-order valence-corrected chi connectivity index (χ4v) is 3.08. The Labute approximate surface area is 163 Å². The van der Waals surface area contributed by atoms with Crippen molar-refractivity contribution in [3.63, 3.8) is 0 Å². The first-order chi connectivity index (χ1) is 13.1. The molecule has 0 saturated carbocycles. The minimum atomic E-state index is 0.112. The van der Waals surface area contributed by atoms with Crippen LogP contribution in [0.5, 0.6) is 0 Å². The van der Waals surface area contributed by atoms with Gasteiger partial charge in [-0.25, -0.2) is 4.98 Å². The van der Waals surface area contributed by atoms with Crippen molar-refractivity contribution in [3.05, 3.63) is 58.7 Å². The molecule has 2 aromatic heterocycles. The number of halogens is 1. The zero-order chi connectivity index (χ0) is 19.2. The number of pyridine rings is 1. The van der Waals surface area contributed by atoms with E-state index >= 15 is 0 Å². The molecule has 0 atom stereocenters. The molecule has 0 amide bonds. The van der Waals surface area contributed by atoms with Gasteiger partial charge in [0.05, 0.1) is 11.4 Å². The summed E-state index contributed by atoms with van der Waals surface area (Å²) in [6.07, 6.45) is 2.35. The second-order valence-electron chi connectivity index (χ2n) is 6.22. The molecule has 1 aromatic carbocycles. The second-order valence-corrected chi connectivity index (χ2v) is 6.66. The molecule has 3 aromatic rings. The molecule has 2 heterocycles. The maximum atomic E-state index is 9.00. The van der Waals surface area contributed by atoms with Crippen molar-refractivity contribution in [2.75, 3.05) is 23.8 Å². The molecule has 3 rings (SSSR count). The highest BCUT2D eigenvalue weighted by Crippen LogP contribution is 2.29. The summed E-state index contributed by atoms with van der Waals surface area (Å²) >= 11 is 6.13. The normalized spacial score (nSPS) is 10.7. The third-order valence-electron chi connectivity index (χ3n) is 4.02. The third kappa shape index (κ3) is 4.93. The van der Waals surface area contributed by atoms with Gasteiger partial charge in [0.15, 0.2) is 0 Å². The number of nitrogens with one attached hydrogen (secondary N) is 2. The molecular formula is C20H22ClN5O. The number of hydrogen-bond acceptors (Lipinski definition) is 6. The lowest BCUT2D eigenvalue weighted by molar-refractivity contribution is 0.292. The number of aliphatic hydroxyl groups excluding tert-OH is 1. The van der Waals surface area contributed by atoms with E-state index in [0.29, 0.717) is 35.4 Å². The lowest BCUT2D eigenvalue weighted by Gasteiger charge is -2.15. The van der Waals surface area contributed by atoms with Crippen LogP contribution in [0.2, 0.25) is 5.02 Å². The number of aromatic nitrogens is 3. The number of benzene rings is 1. The van der Waals surface area contributed by atoms with Crippen molar-refractivity contribution < 1.29 is 5.11 Å². The van der Waals surface area contributed by atoms with Gasteiger partial charge in [-0.3, -0.25) is 4.98 Å². The van der Waals surface area contributed by atoms with Crippen LogP contribution in [0.15, 0.2) is 42.6 Å². The van der Waals surface area contributed by atoms with Gasteiger partial charge in [0.25, 0.3) is 0 Å². The summed E-state index contributed by atoms with van der Waals surface area (Å²) in [7, 11) is 0. The van der Waals surface area contributed by atoms with E-state index < -0.39 is 0 Å². The molecule has 0 fully saturated rings. The first-order valence-corrected chi connectivity index (χ1v) is 9.13. The number of nitrogens with zero attached hydrogens (tertiary/aromatic N) is 3. The van der Waals surface area contributed by atoms with Crippen LogP contribution in [-0.4, -0.2) is 33.2 Å². The first kappa shape index (κ1) is 19.1. The van der Waals surface area contributed by atoms with E-state index in [0.717, 1.165) is 22.5 Å². The maximum absolute atomic E-state index is 9.00. The molecule has 0 radical (unpaired) electrons. The minimum absolute atomic E-state index is 0.112. The molecule has 0 spiro atoms. The number of anilines is 3. The lowest BCUT2D eigenvalue weighted by Crippen LogP contribution is -2.09. The van der Waals surface area contributed by atoms with Gasteiger partial charge in [0, 0.05) is 36.1 Å². The highest BCUT2D eigenvalue weighted by Gasteiger charge is 2.11. The van der Waals surface area contributed by atoms with Gasteiger partial charge in [0.1, 0.15) is 5.82 Å². The maximum Gasteiger partial charge on any atom is 0.225 e. The van der Waals surface area contributed by atoms with Crippen LogP contribution < -0.4 is 10.6 Å². The Balaban J connectivity index is 1.97. The van der Waals surface area contributed by atoms with Gasteiger partial charge in [-0.15, -0.1) is 0 Å². The average molecular weight is 384 g/mol. The predicted octanol–water partition coefficient (Wildman–Crippen LogP) is 4.35. The molecule has 140 valence electrons. The Bertz CT molecular complexity index is 894. The van der Waals surface area contributed by atoms with E-state index in [1.165, 1.54) is 0 Å². The zero-order valence-electron chi connectivity index (χ0n) is 15.3. The smallest absolute Gasteiger partial charge is 0.225 e. The Hall–Kier alpha value is -2.70. The van der Waals surface area contributed by atoms with Crippen LogP contribution in [0.3, 0.4) is 0 Å². The largest absolute Gasteiger partial charge is 0.396 e. The average Bonchev–Trinajstić information content (AvgIpc) is 2.65. The van der Waals surface area contributed by atoms with Crippen LogP contribution in [0, 0.1) is 13.8 Å². The highest BCUT2D eigenvalue weighted by atomic mass is 35.5. The van der Waals surface area contributed by atoms with Crippen molar-refractivity contribution in [1.29, 1.82) is 0 Å². The summed E-state index contributed by atoms with van der Waals surface area (Å²) in [5.41, 5.74) is 4.51. The monoisotopic (exact) mass is 383 g/mol. The van der Waals surface area contributed by atoms with Crippen molar-refractivity contribution in [3.8, 4) is 11.4 Å². The topological polar surface area (TPSA) is 83.0 Å². The Morgan fingerprint density at radius 1 is 1.04 bits per heavy atom. The van der Waals surface area contributed by atoms with Gasteiger partial charge in [0.2, 0.25) is 5.95 Å². The number of aryl methyl sites for hydroxylation is 2. The molecule has 3 N–H and O–H groups in total. The first-order valence-electron chi connectivity index (χ1n) is 8.76. The van der Waals surface area contributed by atoms with Gasteiger partial charge in [-0.2, -0.15) is 4.98 Å². The van der Waals surface area contributed by atoms with E-state index in [2.05, 4.69) is 25.6 Å². The molecule has 0 aliphatic rings. The predicted molar refractivity (Wildman–Crippen MR) is 110 cm³/mol. The molecule has 0 bridgehead atoms. The van der Waals surface area contributed by atoms with Crippen LogP contribution in [-0.2, 0) is 0 Å². The number of rotatable bonds is 7. The summed E-state index contributed by atoms with van der Waals surface area (Å²) in [5.74, 6) is 1.14. The van der Waals surface area contributed by atoms with Gasteiger partial charge in [-0.05, 0) is 55.7 Å². The van der Waals surface area contributed by atoms with E-state index in [-0.39, 0.29) is 6.61 Å². The van der Waals surface area contributed by atoms with E-state index in [9.17, 15) is 0 Å². The summed E-state index contributed by atoms with van der Waals surface area (Å²) < 4.78 is 0. The van der Waals surface area contributed by atoms with Crippen LogP contribution in [0.25, 0.3) is 11.4 Å². The number of hydrogen-bond donors (Lipinski definition) is 3. The van der Waals surface area contributed by atoms with Crippen LogP contribution in [0.4, 0.5) is 17.5 Å². The zero-order valence-corrected chi connectivity index (χ0v) is 16.1. The highest BCUT2D eigenvalue weighted by molar-refractivity contribution is 6.30. The fourth-order valence-electron chi connectivity index (χ4n) is 2.75. The van der Waals surface area contributed by atoms with E-state index in [1.807, 2.05) is 50.2 Å². The number of aliphatic hydroxyl groups is 1. The Morgan fingerprint density at radius 3 is 2.48 bits per heavy atom. The van der Waals surface area contributed by atoms with E-state index in [4.69, 9.17) is 16.7 Å². The fraction of sp³-hybridized carbons (Fsp3) is 0.250. The summed E-state index contributed by atoms with van der Waals surface area (Å²) in [6.45, 7) is 4.70. The third-order valence-corrected chi connectivity index (χ3v) is 4.24. The molecule has 0 unspecified atom stereocenters. The quantitative estimate of drug-likeness (QED) is 0.526. The van der Waals surface area contributed by atoms with Gasteiger partial charge < -0.3 is 15.7 Å². The molecule has 6 nitrogen and oxygen atoms in total. The SMILES string of the molecule is Cc1cc(Cl)cc(C)c1Nc1cc(-c2ccccn2)nc(NCCCO)n1. The molecule has 27 heavy (non-hydrogen) atoms. The van der Waals surface area contributed by atoms with Crippen molar-refractivity contribution in [2.45, 2.75) is 20.3 Å². The van der Waals surface area contributed by atoms with Crippen LogP contribution >= 0.6 is 11.6 Å². The molecule has 0 saturated heterocycles. The Kier molecular flexibility index (Phi) is 6.21. The van der Waals surface area contributed by atoms with Crippen molar-refractivity contribution in [2.24, 2.45) is 0 Å². The summed E-state index contributed by atoms with van der Waals surface area (Å²) in [4.78, 5) is 13.5. The molecule has 0 aliphatic heterocycles. The van der Waals surface area contributed by atoms with Gasteiger partial charge >= 0.3 is 0 Å². The van der Waals surface area contributed by atoms with Crippen LogP contribution in [0.1, 0.15) is 17.5 Å². The summed E-state index contributed by atoms with van der Waals surface area (Å²) in [6, 6.07) is 11.4. The van der Waals surface area contributed by atoms with E-state index in [1.54, 1.807) is 6.20 Å². The molecular weight excluding hydrogens is 362 g/mol. The van der Waals surface area contributed by atoms with Crippen molar-refractivity contribution in [1.82, 2.24) is 15.0 Å².